The van der Waals surface area contributed by atoms with Crippen LogP contribution in [0.4, 0.5) is 0 Å². The molecule has 0 spiro atoms. The number of hydrogen-bond donors (Lipinski definition) is 0. The second-order valence-corrected chi connectivity index (χ2v) is 9.01. The third kappa shape index (κ3) is 2.20. The first kappa shape index (κ1) is 17.9. The van der Waals surface area contributed by atoms with Gasteiger partial charge in [-0.1, -0.05) is 78.9 Å². The molecule has 2 heteroatoms. The fourth-order valence-electron chi connectivity index (χ4n) is 5.92. The zero-order valence-corrected chi connectivity index (χ0v) is 18.4. The maximum atomic E-state index is 2.43. The average Bonchev–Trinajstić information content (AvgIpc) is 3.42. The molecule has 0 aliphatic rings. The van der Waals surface area contributed by atoms with Crippen molar-refractivity contribution in [1.82, 2.24) is 9.13 Å². The van der Waals surface area contributed by atoms with E-state index in [0.29, 0.717) is 0 Å². The number of nitrogens with zero attached hydrogens (tertiary/aromatic N) is 2. The quantitative estimate of drug-likeness (QED) is 0.242. The molecule has 0 N–H and O–H groups in total. The summed E-state index contributed by atoms with van der Waals surface area (Å²) in [7, 11) is 0. The van der Waals surface area contributed by atoms with Crippen LogP contribution in [0.15, 0.2) is 121 Å². The van der Waals surface area contributed by atoms with Crippen molar-refractivity contribution >= 4 is 54.4 Å². The normalized spacial score (nSPS) is 12.1. The molecule has 0 aliphatic carbocycles. The van der Waals surface area contributed by atoms with Crippen molar-refractivity contribution in [3.63, 3.8) is 0 Å². The van der Waals surface area contributed by atoms with Crippen LogP contribution in [0.5, 0.6) is 0 Å². The first-order valence-electron chi connectivity index (χ1n) is 11.7. The third-order valence-corrected chi connectivity index (χ3v) is 7.24. The standard InChI is InChI=1S/C32H20N2/c1-3-11-22(12-4-1)33-26-16-8-7-15-24(26)31-25-19-18-21-10-9-17-27-30(21)32(25)29(20-28(31)33)34(27)23-13-5-2-6-14-23/h1-20H. The van der Waals surface area contributed by atoms with Crippen molar-refractivity contribution in [3.8, 4) is 11.4 Å². The zero-order chi connectivity index (χ0) is 22.2. The summed E-state index contributed by atoms with van der Waals surface area (Å²) >= 11 is 0. The van der Waals surface area contributed by atoms with Crippen LogP contribution in [0.25, 0.3) is 65.8 Å². The summed E-state index contributed by atoms with van der Waals surface area (Å²) < 4.78 is 4.84. The minimum Gasteiger partial charge on any atom is -0.309 e. The van der Waals surface area contributed by atoms with Gasteiger partial charge in [0.2, 0.25) is 0 Å². The van der Waals surface area contributed by atoms with Crippen LogP contribution in [0.3, 0.4) is 0 Å². The minimum atomic E-state index is 1.18. The van der Waals surface area contributed by atoms with Crippen LogP contribution < -0.4 is 0 Å². The molecule has 0 atom stereocenters. The van der Waals surface area contributed by atoms with Crippen LogP contribution in [0, 0.1) is 0 Å². The predicted molar refractivity (Wildman–Crippen MR) is 144 cm³/mol. The topological polar surface area (TPSA) is 9.86 Å². The van der Waals surface area contributed by atoms with E-state index >= 15 is 0 Å². The second kappa shape index (κ2) is 6.49. The Morgan fingerprint density at radius 2 is 0.971 bits per heavy atom. The summed E-state index contributed by atoms with van der Waals surface area (Å²) in [5.74, 6) is 0. The van der Waals surface area contributed by atoms with Gasteiger partial charge in [-0.3, -0.25) is 0 Å². The van der Waals surface area contributed by atoms with Crippen LogP contribution in [-0.2, 0) is 0 Å². The third-order valence-electron chi connectivity index (χ3n) is 7.24. The van der Waals surface area contributed by atoms with Gasteiger partial charge < -0.3 is 9.13 Å². The Balaban J connectivity index is 1.68. The van der Waals surface area contributed by atoms with E-state index in [1.54, 1.807) is 0 Å². The zero-order valence-electron chi connectivity index (χ0n) is 18.4. The summed E-state index contributed by atoms with van der Waals surface area (Å²) in [6.45, 7) is 0. The average molecular weight is 433 g/mol. The Labute approximate surface area is 196 Å². The highest BCUT2D eigenvalue weighted by molar-refractivity contribution is 6.33. The van der Waals surface area contributed by atoms with Crippen molar-refractivity contribution < 1.29 is 0 Å². The van der Waals surface area contributed by atoms with E-state index in [2.05, 4.69) is 130 Å². The predicted octanol–water partition coefficient (Wildman–Crippen LogP) is 8.47. The van der Waals surface area contributed by atoms with E-state index in [-0.39, 0.29) is 0 Å². The highest BCUT2D eigenvalue weighted by Gasteiger charge is 2.22. The summed E-state index contributed by atoms with van der Waals surface area (Å²) in [6.07, 6.45) is 0. The highest BCUT2D eigenvalue weighted by atomic mass is 15.0. The van der Waals surface area contributed by atoms with Crippen LogP contribution >= 0.6 is 0 Å². The van der Waals surface area contributed by atoms with E-state index in [4.69, 9.17) is 0 Å². The molecule has 8 rings (SSSR count). The molecule has 0 saturated carbocycles. The van der Waals surface area contributed by atoms with E-state index in [1.165, 1.54) is 65.8 Å². The first-order chi connectivity index (χ1) is 16.9. The summed E-state index contributed by atoms with van der Waals surface area (Å²) in [5.41, 5.74) is 7.36. The summed E-state index contributed by atoms with van der Waals surface area (Å²) in [5, 5.41) is 7.91. The van der Waals surface area contributed by atoms with Crippen molar-refractivity contribution in [2.75, 3.05) is 0 Å². The van der Waals surface area contributed by atoms with Crippen molar-refractivity contribution in [1.29, 1.82) is 0 Å². The smallest absolute Gasteiger partial charge is 0.0568 e. The van der Waals surface area contributed by atoms with E-state index in [0.717, 1.165) is 0 Å². The van der Waals surface area contributed by atoms with E-state index in [9.17, 15) is 0 Å². The van der Waals surface area contributed by atoms with Gasteiger partial charge in [-0.05, 0) is 53.2 Å². The van der Waals surface area contributed by atoms with E-state index < -0.39 is 0 Å². The lowest BCUT2D eigenvalue weighted by Crippen LogP contribution is -1.95. The van der Waals surface area contributed by atoms with Gasteiger partial charge in [-0.2, -0.15) is 0 Å². The van der Waals surface area contributed by atoms with Gasteiger partial charge in [0.25, 0.3) is 0 Å². The molecule has 6 aromatic carbocycles. The molecular formula is C32H20N2. The highest BCUT2D eigenvalue weighted by Crippen LogP contribution is 2.45. The van der Waals surface area contributed by atoms with Crippen LogP contribution in [-0.4, -0.2) is 9.13 Å². The molecule has 0 fully saturated rings. The first-order valence-corrected chi connectivity index (χ1v) is 11.7. The Hall–Kier alpha value is -4.56. The minimum absolute atomic E-state index is 1.18. The molecule has 0 amide bonds. The molecule has 0 bridgehead atoms. The summed E-state index contributed by atoms with van der Waals surface area (Å²) in [6, 6.07) is 43.9. The van der Waals surface area contributed by atoms with Gasteiger partial charge in [-0.25, -0.2) is 0 Å². The molecule has 0 aliphatic heterocycles. The van der Waals surface area contributed by atoms with Gasteiger partial charge in [0, 0.05) is 32.9 Å². The molecule has 2 nitrogen and oxygen atoms in total. The Bertz CT molecular complexity index is 1970. The van der Waals surface area contributed by atoms with Gasteiger partial charge >= 0.3 is 0 Å². The molecule has 2 heterocycles. The molecule has 8 aromatic rings. The molecule has 2 aromatic heterocycles. The SMILES string of the molecule is c1ccc(-n2c3ccccc3c3c4ccc5cccc6c5c4c(cc32)n6-c2ccccc2)cc1. The number of aromatic nitrogens is 2. The number of benzene rings is 6. The molecule has 34 heavy (non-hydrogen) atoms. The lowest BCUT2D eigenvalue weighted by Gasteiger charge is -2.10. The van der Waals surface area contributed by atoms with Crippen molar-refractivity contribution in [2.45, 2.75) is 0 Å². The van der Waals surface area contributed by atoms with Crippen LogP contribution in [0.2, 0.25) is 0 Å². The molecule has 158 valence electrons. The number of para-hydroxylation sites is 3. The lowest BCUT2D eigenvalue weighted by atomic mass is 9.98. The Morgan fingerprint density at radius 3 is 1.74 bits per heavy atom. The van der Waals surface area contributed by atoms with E-state index in [1.807, 2.05) is 0 Å². The lowest BCUT2D eigenvalue weighted by molar-refractivity contribution is 1.17. The maximum absolute atomic E-state index is 2.43. The van der Waals surface area contributed by atoms with Gasteiger partial charge in [0.15, 0.2) is 0 Å². The largest absolute Gasteiger partial charge is 0.309 e. The second-order valence-electron chi connectivity index (χ2n) is 9.01. The number of rotatable bonds is 2. The van der Waals surface area contributed by atoms with Crippen LogP contribution in [0.1, 0.15) is 0 Å². The fourth-order valence-corrected chi connectivity index (χ4v) is 5.92. The number of hydrogen-bond acceptors (Lipinski definition) is 0. The van der Waals surface area contributed by atoms with Gasteiger partial charge in [0.05, 0.1) is 22.1 Å². The van der Waals surface area contributed by atoms with Gasteiger partial charge in [-0.15, -0.1) is 0 Å². The Kier molecular flexibility index (Phi) is 3.42. The maximum Gasteiger partial charge on any atom is 0.0568 e. The fraction of sp³-hybridized carbons (Fsp3) is 0. The molecule has 0 radical (unpaired) electrons. The number of fused-ring (bicyclic) bond motifs is 4. The molecule has 0 unspecified atom stereocenters. The van der Waals surface area contributed by atoms with Crippen molar-refractivity contribution in [3.05, 3.63) is 121 Å². The Morgan fingerprint density at radius 1 is 0.353 bits per heavy atom. The summed E-state index contributed by atoms with van der Waals surface area (Å²) in [4.78, 5) is 0. The van der Waals surface area contributed by atoms with Gasteiger partial charge in [0.1, 0.15) is 0 Å². The monoisotopic (exact) mass is 432 g/mol. The van der Waals surface area contributed by atoms with Crippen molar-refractivity contribution in [2.24, 2.45) is 0 Å². The molecular weight excluding hydrogens is 412 g/mol. The molecule has 0 saturated heterocycles.